The lowest BCUT2D eigenvalue weighted by Gasteiger charge is -2.28. The Morgan fingerprint density at radius 2 is 1.85 bits per heavy atom. The van der Waals surface area contributed by atoms with Gasteiger partial charge in [-0.2, -0.15) is 9.40 Å². The van der Waals surface area contributed by atoms with Crippen LogP contribution in [0.5, 0.6) is 0 Å². The molecule has 1 fully saturated rings. The molecule has 3 rings (SSSR count). The quantitative estimate of drug-likeness (QED) is 0.731. The van der Waals surface area contributed by atoms with Gasteiger partial charge in [0.1, 0.15) is 5.56 Å². The maximum Gasteiger partial charge on any atom is 0.342 e. The van der Waals surface area contributed by atoms with Gasteiger partial charge in [0.2, 0.25) is 5.03 Å². The van der Waals surface area contributed by atoms with Gasteiger partial charge in [0.15, 0.2) is 0 Å². The highest BCUT2D eigenvalue weighted by molar-refractivity contribution is 7.89. The number of carbonyl (C=O) groups is 1. The average Bonchev–Trinajstić information content (AvgIpc) is 3.08. The summed E-state index contributed by atoms with van der Waals surface area (Å²) < 4.78 is 33.9. The molecule has 0 atom stereocenters. The number of esters is 1. The predicted octanol–water partition coefficient (Wildman–Crippen LogP) is 2.45. The summed E-state index contributed by atoms with van der Waals surface area (Å²) in [6.07, 6.45) is 3.05. The molecule has 0 unspecified atom stereocenters. The fourth-order valence-electron chi connectivity index (χ4n) is 3.15. The molecule has 0 spiro atoms. The maximum absolute atomic E-state index is 13.1. The molecule has 1 aromatic carbocycles. The number of methoxy groups -OCH3 is 1. The Kier molecular flexibility index (Phi) is 5.67. The van der Waals surface area contributed by atoms with Crippen LogP contribution < -0.4 is 0 Å². The van der Waals surface area contributed by atoms with Crippen LogP contribution >= 0.6 is 0 Å². The molecule has 0 bridgehead atoms. The Morgan fingerprint density at radius 3 is 2.44 bits per heavy atom. The number of hydrogen-bond donors (Lipinski definition) is 0. The van der Waals surface area contributed by atoms with Gasteiger partial charge in [-0.3, -0.25) is 4.68 Å². The molecule has 8 heteroatoms. The monoisotopic (exact) mass is 391 g/mol. The van der Waals surface area contributed by atoms with Crippen LogP contribution in [0.25, 0.3) is 0 Å². The van der Waals surface area contributed by atoms with Crippen LogP contribution in [0, 0.1) is 12.8 Å². The van der Waals surface area contributed by atoms with Crippen LogP contribution in [-0.4, -0.2) is 48.7 Å². The Hall–Kier alpha value is -2.19. The average molecular weight is 391 g/mol. The van der Waals surface area contributed by atoms with E-state index in [-0.39, 0.29) is 10.6 Å². The minimum absolute atomic E-state index is 0.0248. The Labute approximate surface area is 160 Å². The zero-order valence-corrected chi connectivity index (χ0v) is 16.7. The zero-order chi connectivity index (χ0) is 19.6. The lowest BCUT2D eigenvalue weighted by molar-refractivity contribution is 0.0596. The number of rotatable bonds is 5. The minimum Gasteiger partial charge on any atom is -0.465 e. The van der Waals surface area contributed by atoms with Gasteiger partial charge in [0.25, 0.3) is 10.0 Å². The number of carbonyl (C=O) groups excluding carboxylic acids is 1. The summed E-state index contributed by atoms with van der Waals surface area (Å²) in [5.74, 6) is -0.204. The Morgan fingerprint density at radius 1 is 1.22 bits per heavy atom. The van der Waals surface area contributed by atoms with Gasteiger partial charge < -0.3 is 4.74 Å². The summed E-state index contributed by atoms with van der Waals surface area (Å²) in [5.41, 5.74) is 2.08. The van der Waals surface area contributed by atoms with E-state index in [0.29, 0.717) is 25.6 Å². The summed E-state index contributed by atoms with van der Waals surface area (Å²) in [6, 6.07) is 7.86. The van der Waals surface area contributed by atoms with Crippen molar-refractivity contribution in [1.29, 1.82) is 0 Å². The van der Waals surface area contributed by atoms with Crippen LogP contribution in [0.3, 0.4) is 0 Å². The molecular formula is C19H25N3O4S. The highest BCUT2D eigenvalue weighted by Crippen LogP contribution is 2.25. The third-order valence-electron chi connectivity index (χ3n) is 4.93. The first kappa shape index (κ1) is 19.6. The number of aromatic nitrogens is 2. The smallest absolute Gasteiger partial charge is 0.342 e. The van der Waals surface area contributed by atoms with E-state index in [1.807, 2.05) is 31.2 Å². The molecule has 146 valence electrons. The second-order valence-electron chi connectivity index (χ2n) is 7.11. The molecule has 0 radical (unpaired) electrons. The summed E-state index contributed by atoms with van der Waals surface area (Å²) in [4.78, 5) is 12.2. The molecule has 1 aromatic heterocycles. The summed E-state index contributed by atoms with van der Waals surface area (Å²) in [6.45, 7) is 5.36. The van der Waals surface area contributed by atoms with Gasteiger partial charge in [0, 0.05) is 19.3 Å². The molecule has 1 aliphatic heterocycles. The Bertz CT molecular complexity index is 911. The number of benzene rings is 1. The zero-order valence-electron chi connectivity index (χ0n) is 15.9. The van der Waals surface area contributed by atoms with E-state index in [9.17, 15) is 13.2 Å². The van der Waals surface area contributed by atoms with E-state index in [1.54, 1.807) is 0 Å². The van der Waals surface area contributed by atoms with Crippen LogP contribution in [0.2, 0.25) is 0 Å². The molecule has 1 saturated heterocycles. The number of piperidine rings is 1. The van der Waals surface area contributed by atoms with Crippen molar-refractivity contribution in [3.8, 4) is 0 Å². The van der Waals surface area contributed by atoms with Crippen molar-refractivity contribution in [2.75, 3.05) is 20.2 Å². The summed E-state index contributed by atoms with van der Waals surface area (Å²) in [7, 11) is -2.61. The summed E-state index contributed by atoms with van der Waals surface area (Å²) >= 11 is 0. The molecule has 2 heterocycles. The SMILES string of the molecule is COC(=O)c1cn(Cc2ccc(C)cc2)nc1S(=O)(=O)N1CCC(C)CC1. The topological polar surface area (TPSA) is 81.5 Å². The van der Waals surface area contributed by atoms with Gasteiger partial charge in [-0.25, -0.2) is 13.2 Å². The van der Waals surface area contributed by atoms with Crippen LogP contribution in [-0.2, 0) is 21.3 Å². The molecule has 0 N–H and O–H groups in total. The minimum atomic E-state index is -3.85. The highest BCUT2D eigenvalue weighted by Gasteiger charge is 2.34. The normalized spacial score (nSPS) is 16.4. The van der Waals surface area contributed by atoms with Gasteiger partial charge >= 0.3 is 5.97 Å². The van der Waals surface area contributed by atoms with E-state index in [4.69, 9.17) is 4.74 Å². The van der Waals surface area contributed by atoms with Gasteiger partial charge in [-0.1, -0.05) is 36.8 Å². The van der Waals surface area contributed by atoms with E-state index >= 15 is 0 Å². The van der Waals surface area contributed by atoms with E-state index in [1.165, 1.54) is 22.3 Å². The molecule has 7 nitrogen and oxygen atoms in total. The van der Waals surface area contributed by atoms with Crippen molar-refractivity contribution in [3.05, 3.63) is 47.2 Å². The lowest BCUT2D eigenvalue weighted by Crippen LogP contribution is -2.38. The molecule has 0 aliphatic carbocycles. The molecule has 0 saturated carbocycles. The van der Waals surface area contributed by atoms with Gasteiger partial charge in [-0.05, 0) is 31.2 Å². The third-order valence-corrected chi connectivity index (χ3v) is 6.76. The van der Waals surface area contributed by atoms with Crippen LogP contribution in [0.4, 0.5) is 0 Å². The Balaban J connectivity index is 1.94. The van der Waals surface area contributed by atoms with Crippen molar-refractivity contribution in [1.82, 2.24) is 14.1 Å². The standard InChI is InChI=1S/C19H25N3O4S/c1-14-4-6-16(7-5-14)12-21-13-17(19(23)26-3)18(20-21)27(24,25)22-10-8-15(2)9-11-22/h4-7,13,15H,8-12H2,1-3H3. The van der Waals surface area contributed by atoms with Crippen molar-refractivity contribution >= 4 is 16.0 Å². The van der Waals surface area contributed by atoms with Gasteiger partial charge in [-0.15, -0.1) is 0 Å². The predicted molar refractivity (Wildman–Crippen MR) is 101 cm³/mol. The van der Waals surface area contributed by atoms with Crippen LogP contribution in [0.1, 0.15) is 41.3 Å². The van der Waals surface area contributed by atoms with Crippen molar-refractivity contribution in [2.24, 2.45) is 5.92 Å². The van der Waals surface area contributed by atoms with Gasteiger partial charge in [0.05, 0.1) is 13.7 Å². The molecule has 0 amide bonds. The van der Waals surface area contributed by atoms with Crippen molar-refractivity contribution < 1.29 is 17.9 Å². The van der Waals surface area contributed by atoms with Crippen molar-refractivity contribution in [2.45, 2.75) is 38.3 Å². The first-order chi connectivity index (χ1) is 12.8. The largest absolute Gasteiger partial charge is 0.465 e. The second-order valence-corrected chi connectivity index (χ2v) is 8.96. The van der Waals surface area contributed by atoms with E-state index in [0.717, 1.165) is 24.0 Å². The van der Waals surface area contributed by atoms with Crippen molar-refractivity contribution in [3.63, 3.8) is 0 Å². The molecule has 1 aliphatic rings. The summed E-state index contributed by atoms with van der Waals surface area (Å²) in [5, 5.41) is 4.02. The van der Waals surface area contributed by atoms with E-state index < -0.39 is 16.0 Å². The number of nitrogens with zero attached hydrogens (tertiary/aromatic N) is 3. The fraction of sp³-hybridized carbons (Fsp3) is 0.474. The fourth-order valence-corrected chi connectivity index (χ4v) is 4.71. The molecule has 2 aromatic rings. The number of hydrogen-bond acceptors (Lipinski definition) is 5. The third kappa shape index (κ3) is 4.22. The highest BCUT2D eigenvalue weighted by atomic mass is 32.2. The maximum atomic E-state index is 13.1. The second kappa shape index (κ2) is 7.82. The van der Waals surface area contributed by atoms with E-state index in [2.05, 4.69) is 12.0 Å². The lowest BCUT2D eigenvalue weighted by atomic mass is 10.0. The van der Waals surface area contributed by atoms with Crippen LogP contribution in [0.15, 0.2) is 35.5 Å². The number of aryl methyl sites for hydroxylation is 1. The first-order valence-corrected chi connectivity index (χ1v) is 10.5. The number of ether oxygens (including phenoxy) is 1. The molecule has 27 heavy (non-hydrogen) atoms. The first-order valence-electron chi connectivity index (χ1n) is 9.02. The molecular weight excluding hydrogens is 366 g/mol. The number of sulfonamides is 1.